The molecule has 1 heterocycles. The smallest absolute Gasteiger partial charge is 0.315 e. The molecule has 0 spiro atoms. The van der Waals surface area contributed by atoms with E-state index in [0.29, 0.717) is 5.56 Å². The van der Waals surface area contributed by atoms with Crippen LogP contribution in [0, 0.1) is 0 Å². The van der Waals surface area contributed by atoms with E-state index >= 15 is 0 Å². The van der Waals surface area contributed by atoms with Gasteiger partial charge in [0, 0.05) is 6.20 Å². The van der Waals surface area contributed by atoms with E-state index in [-0.39, 0.29) is 16.8 Å². The molecular weight excluding hydrogens is 416 g/mol. The van der Waals surface area contributed by atoms with E-state index in [2.05, 4.69) is 0 Å². The van der Waals surface area contributed by atoms with E-state index < -0.39 is 29.2 Å². The lowest BCUT2D eigenvalue weighted by Gasteiger charge is -2.23. The lowest BCUT2D eigenvalue weighted by atomic mass is 9.96. The standard InChI is InChI=1S/C24H15F6N/c25-23(26,27)19-14-18(16-8-3-1-4-9-16)15-20(24(28,29)30)22(19)31-13-7-12-21(31)17-10-5-2-6-11-17/h1-15H. The van der Waals surface area contributed by atoms with Crippen molar-refractivity contribution in [3.63, 3.8) is 0 Å². The average Bonchev–Trinajstić information content (AvgIpc) is 3.22. The highest BCUT2D eigenvalue weighted by Gasteiger charge is 2.42. The Bertz CT molecular complexity index is 1150. The first-order valence-corrected chi connectivity index (χ1v) is 9.27. The van der Waals surface area contributed by atoms with Crippen molar-refractivity contribution in [3.8, 4) is 28.1 Å². The molecule has 0 amide bonds. The van der Waals surface area contributed by atoms with Crippen LogP contribution in [0.5, 0.6) is 0 Å². The van der Waals surface area contributed by atoms with Gasteiger partial charge >= 0.3 is 12.4 Å². The lowest BCUT2D eigenvalue weighted by Crippen LogP contribution is -2.18. The molecule has 0 aliphatic heterocycles. The van der Waals surface area contributed by atoms with Crippen LogP contribution in [0.25, 0.3) is 28.1 Å². The highest BCUT2D eigenvalue weighted by molar-refractivity contribution is 5.72. The van der Waals surface area contributed by atoms with Crippen molar-refractivity contribution in [3.05, 3.63) is 102 Å². The van der Waals surface area contributed by atoms with Gasteiger partial charge in [0.05, 0.1) is 22.5 Å². The molecule has 0 aliphatic rings. The maximum absolute atomic E-state index is 14.1. The highest BCUT2D eigenvalue weighted by Crippen LogP contribution is 2.45. The Morgan fingerprint density at radius 1 is 0.516 bits per heavy atom. The summed E-state index contributed by atoms with van der Waals surface area (Å²) in [5.74, 6) is 0. The zero-order valence-corrected chi connectivity index (χ0v) is 15.9. The summed E-state index contributed by atoms with van der Waals surface area (Å²) in [7, 11) is 0. The molecule has 3 aromatic carbocycles. The Balaban J connectivity index is 2.06. The van der Waals surface area contributed by atoms with Crippen molar-refractivity contribution in [2.45, 2.75) is 12.4 Å². The second-order valence-corrected chi connectivity index (χ2v) is 6.91. The van der Waals surface area contributed by atoms with Crippen molar-refractivity contribution in [2.75, 3.05) is 0 Å². The van der Waals surface area contributed by atoms with Crippen LogP contribution in [0.4, 0.5) is 26.3 Å². The molecule has 31 heavy (non-hydrogen) atoms. The fourth-order valence-electron chi connectivity index (χ4n) is 3.54. The predicted molar refractivity (Wildman–Crippen MR) is 107 cm³/mol. The molecule has 1 nitrogen and oxygen atoms in total. The first kappa shape index (κ1) is 20.8. The fraction of sp³-hybridized carbons (Fsp3) is 0.0833. The van der Waals surface area contributed by atoms with Crippen LogP contribution in [-0.4, -0.2) is 4.57 Å². The van der Waals surface area contributed by atoms with Crippen LogP contribution in [0.3, 0.4) is 0 Å². The molecule has 4 rings (SSSR count). The SMILES string of the molecule is FC(F)(F)c1cc(-c2ccccc2)cc(C(F)(F)F)c1-n1cccc1-c1ccccc1. The second kappa shape index (κ2) is 7.65. The number of nitrogens with zero attached hydrogens (tertiary/aromatic N) is 1. The van der Waals surface area contributed by atoms with Gasteiger partial charge in [0.2, 0.25) is 0 Å². The molecule has 0 radical (unpaired) electrons. The van der Waals surface area contributed by atoms with E-state index in [1.54, 1.807) is 48.5 Å². The molecule has 0 bridgehead atoms. The normalized spacial score (nSPS) is 12.2. The van der Waals surface area contributed by atoms with Crippen LogP contribution < -0.4 is 0 Å². The number of alkyl halides is 6. The van der Waals surface area contributed by atoms with Gasteiger partial charge < -0.3 is 4.57 Å². The molecule has 4 aromatic rings. The Hall–Kier alpha value is -3.48. The summed E-state index contributed by atoms with van der Waals surface area (Å²) >= 11 is 0. The molecule has 0 saturated carbocycles. The third-order valence-corrected chi connectivity index (χ3v) is 4.89. The minimum atomic E-state index is -5.00. The molecule has 0 saturated heterocycles. The topological polar surface area (TPSA) is 4.93 Å². The minimum Gasteiger partial charge on any atom is -0.315 e. The van der Waals surface area contributed by atoms with E-state index in [4.69, 9.17) is 0 Å². The van der Waals surface area contributed by atoms with Gasteiger partial charge in [-0.3, -0.25) is 0 Å². The Morgan fingerprint density at radius 3 is 1.48 bits per heavy atom. The maximum Gasteiger partial charge on any atom is 0.418 e. The third-order valence-electron chi connectivity index (χ3n) is 4.89. The molecule has 0 fully saturated rings. The van der Waals surface area contributed by atoms with Gasteiger partial charge in [0.1, 0.15) is 0 Å². The predicted octanol–water partition coefficient (Wildman–Crippen LogP) is 7.85. The van der Waals surface area contributed by atoms with Crippen molar-refractivity contribution >= 4 is 0 Å². The summed E-state index contributed by atoms with van der Waals surface area (Å²) in [6.07, 6.45) is -8.79. The number of rotatable bonds is 3. The molecule has 0 unspecified atom stereocenters. The highest BCUT2D eigenvalue weighted by atomic mass is 19.4. The molecule has 0 aliphatic carbocycles. The molecule has 7 heteroatoms. The van der Waals surface area contributed by atoms with Crippen LogP contribution in [0.15, 0.2) is 91.1 Å². The summed E-state index contributed by atoms with van der Waals surface area (Å²) in [6, 6.07) is 20.5. The summed E-state index contributed by atoms with van der Waals surface area (Å²) in [5, 5.41) is 0. The van der Waals surface area contributed by atoms with Crippen molar-refractivity contribution < 1.29 is 26.3 Å². The molecule has 0 N–H and O–H groups in total. The van der Waals surface area contributed by atoms with Crippen molar-refractivity contribution in [1.29, 1.82) is 0 Å². The second-order valence-electron chi connectivity index (χ2n) is 6.91. The zero-order valence-electron chi connectivity index (χ0n) is 15.9. The number of hydrogen-bond donors (Lipinski definition) is 0. The van der Waals surface area contributed by atoms with Gasteiger partial charge in [0.15, 0.2) is 0 Å². The first-order valence-electron chi connectivity index (χ1n) is 9.27. The van der Waals surface area contributed by atoms with Crippen molar-refractivity contribution in [2.24, 2.45) is 0 Å². The Kier molecular flexibility index (Phi) is 5.13. The number of aromatic nitrogens is 1. The van der Waals surface area contributed by atoms with E-state index in [0.717, 1.165) is 16.7 Å². The number of hydrogen-bond acceptors (Lipinski definition) is 0. The van der Waals surface area contributed by atoms with Gasteiger partial charge in [0.25, 0.3) is 0 Å². The Morgan fingerprint density at radius 2 is 1.00 bits per heavy atom. The van der Waals surface area contributed by atoms with E-state index in [9.17, 15) is 26.3 Å². The summed E-state index contributed by atoms with van der Waals surface area (Å²) in [4.78, 5) is 0. The molecule has 158 valence electrons. The summed E-state index contributed by atoms with van der Waals surface area (Å²) in [6.45, 7) is 0. The average molecular weight is 431 g/mol. The molecule has 0 atom stereocenters. The van der Waals surface area contributed by atoms with Crippen molar-refractivity contribution in [1.82, 2.24) is 4.57 Å². The third kappa shape index (κ3) is 4.08. The summed E-state index contributed by atoms with van der Waals surface area (Å²) in [5.41, 5.74) is -2.81. The van der Waals surface area contributed by atoms with E-state index in [1.165, 1.54) is 30.5 Å². The van der Waals surface area contributed by atoms with Gasteiger partial charge in [-0.2, -0.15) is 26.3 Å². The van der Waals surface area contributed by atoms with Crippen LogP contribution in [-0.2, 0) is 12.4 Å². The van der Waals surface area contributed by atoms with Crippen LogP contribution in [0.2, 0.25) is 0 Å². The summed E-state index contributed by atoms with van der Waals surface area (Å²) < 4.78 is 85.3. The molecular formula is C24H15F6N. The van der Waals surface area contributed by atoms with Crippen LogP contribution >= 0.6 is 0 Å². The fourth-order valence-corrected chi connectivity index (χ4v) is 3.54. The maximum atomic E-state index is 14.1. The number of benzene rings is 3. The Labute approximate surface area is 174 Å². The number of halogens is 6. The van der Waals surface area contributed by atoms with Crippen LogP contribution in [0.1, 0.15) is 11.1 Å². The minimum absolute atomic E-state index is 0.155. The van der Waals surface area contributed by atoms with Gasteiger partial charge in [-0.15, -0.1) is 0 Å². The van der Waals surface area contributed by atoms with Gasteiger partial charge in [-0.1, -0.05) is 60.7 Å². The zero-order chi connectivity index (χ0) is 22.2. The largest absolute Gasteiger partial charge is 0.418 e. The van der Waals surface area contributed by atoms with Gasteiger partial charge in [-0.25, -0.2) is 0 Å². The quantitative estimate of drug-likeness (QED) is 0.291. The monoisotopic (exact) mass is 431 g/mol. The van der Waals surface area contributed by atoms with Gasteiger partial charge in [-0.05, 0) is 41.0 Å². The van der Waals surface area contributed by atoms with E-state index in [1.807, 2.05) is 0 Å². The molecule has 1 aromatic heterocycles. The first-order chi connectivity index (χ1) is 14.7. The lowest BCUT2D eigenvalue weighted by molar-refractivity contribution is -0.142.